The molecule has 0 unspecified atom stereocenters. The van der Waals surface area contributed by atoms with Gasteiger partial charge in [-0.2, -0.15) is 0 Å². The van der Waals surface area contributed by atoms with Gasteiger partial charge >= 0.3 is 6.03 Å². The van der Waals surface area contributed by atoms with Gasteiger partial charge in [0.2, 0.25) is 5.91 Å². The standard InChI is InChI=1S/C25H27Cl2N3O3/c1-17(2)30(25(32)28-24-21(26)10-7-11-22(24)27)16-23(31)29(14-19-8-5-4-6-9-19)15-20-13-12-18(3)33-20/h4-13,17H,14-16H2,1-3H3,(H,28,32). The highest BCUT2D eigenvalue weighted by Gasteiger charge is 2.25. The molecule has 0 radical (unpaired) electrons. The van der Waals surface area contributed by atoms with Gasteiger partial charge in [-0.15, -0.1) is 0 Å². The molecular weight excluding hydrogens is 461 g/mol. The summed E-state index contributed by atoms with van der Waals surface area (Å²) in [6.45, 7) is 6.13. The van der Waals surface area contributed by atoms with Crippen molar-refractivity contribution in [3.05, 3.63) is 87.8 Å². The summed E-state index contributed by atoms with van der Waals surface area (Å²) in [6, 6.07) is 17.7. The SMILES string of the molecule is Cc1ccc(CN(Cc2ccccc2)C(=O)CN(C(=O)Nc2c(Cl)cccc2Cl)C(C)C)o1. The molecule has 0 aliphatic carbocycles. The van der Waals surface area contributed by atoms with Crippen LogP contribution in [0.15, 0.2) is 65.1 Å². The summed E-state index contributed by atoms with van der Waals surface area (Å²) >= 11 is 12.4. The monoisotopic (exact) mass is 487 g/mol. The van der Waals surface area contributed by atoms with Crippen LogP contribution in [0.25, 0.3) is 0 Å². The average molecular weight is 488 g/mol. The van der Waals surface area contributed by atoms with Crippen molar-refractivity contribution in [1.29, 1.82) is 0 Å². The predicted molar refractivity (Wildman–Crippen MR) is 131 cm³/mol. The van der Waals surface area contributed by atoms with Gasteiger partial charge in [-0.1, -0.05) is 59.6 Å². The molecule has 0 saturated heterocycles. The number of rotatable bonds is 8. The van der Waals surface area contributed by atoms with Crippen molar-refractivity contribution in [3.8, 4) is 0 Å². The van der Waals surface area contributed by atoms with Crippen LogP contribution in [-0.4, -0.2) is 34.3 Å². The zero-order valence-electron chi connectivity index (χ0n) is 18.8. The molecule has 6 nitrogen and oxygen atoms in total. The van der Waals surface area contributed by atoms with E-state index in [-0.39, 0.29) is 18.5 Å². The summed E-state index contributed by atoms with van der Waals surface area (Å²) in [4.78, 5) is 29.6. The number of para-hydroxylation sites is 1. The van der Waals surface area contributed by atoms with E-state index in [1.165, 1.54) is 4.90 Å². The van der Waals surface area contributed by atoms with Crippen molar-refractivity contribution in [2.45, 2.75) is 39.9 Å². The van der Waals surface area contributed by atoms with Crippen LogP contribution in [0.3, 0.4) is 0 Å². The molecule has 33 heavy (non-hydrogen) atoms. The zero-order valence-corrected chi connectivity index (χ0v) is 20.4. The van der Waals surface area contributed by atoms with Crippen LogP contribution in [-0.2, 0) is 17.9 Å². The highest BCUT2D eigenvalue weighted by Crippen LogP contribution is 2.30. The minimum atomic E-state index is -0.457. The molecule has 0 spiro atoms. The molecule has 2 aromatic carbocycles. The van der Waals surface area contributed by atoms with E-state index in [0.29, 0.717) is 34.6 Å². The van der Waals surface area contributed by atoms with Gasteiger partial charge in [0, 0.05) is 12.6 Å². The van der Waals surface area contributed by atoms with Crippen LogP contribution in [0.1, 0.15) is 30.9 Å². The van der Waals surface area contributed by atoms with Gasteiger partial charge in [-0.05, 0) is 50.6 Å². The van der Waals surface area contributed by atoms with Crippen molar-refractivity contribution < 1.29 is 14.0 Å². The van der Waals surface area contributed by atoms with E-state index in [0.717, 1.165) is 11.3 Å². The fraction of sp³-hybridized carbons (Fsp3) is 0.280. The lowest BCUT2D eigenvalue weighted by atomic mass is 10.2. The molecule has 1 aromatic heterocycles. The number of anilines is 1. The molecule has 0 aliphatic heterocycles. The second-order valence-electron chi connectivity index (χ2n) is 8.00. The summed E-state index contributed by atoms with van der Waals surface area (Å²) in [5.74, 6) is 1.25. The van der Waals surface area contributed by atoms with Gasteiger partial charge in [0.1, 0.15) is 18.1 Å². The highest BCUT2D eigenvalue weighted by molar-refractivity contribution is 6.39. The van der Waals surface area contributed by atoms with Crippen molar-refractivity contribution >= 4 is 40.8 Å². The van der Waals surface area contributed by atoms with E-state index >= 15 is 0 Å². The van der Waals surface area contributed by atoms with E-state index in [9.17, 15) is 9.59 Å². The number of urea groups is 1. The van der Waals surface area contributed by atoms with Crippen LogP contribution in [0, 0.1) is 6.92 Å². The Kier molecular flexibility index (Phi) is 8.42. The molecule has 1 heterocycles. The maximum absolute atomic E-state index is 13.4. The van der Waals surface area contributed by atoms with E-state index in [4.69, 9.17) is 27.6 Å². The molecule has 3 rings (SSSR count). The van der Waals surface area contributed by atoms with Crippen molar-refractivity contribution in [2.75, 3.05) is 11.9 Å². The number of aryl methyl sites for hydroxylation is 1. The first kappa shape index (κ1) is 24.7. The van der Waals surface area contributed by atoms with Crippen LogP contribution < -0.4 is 5.32 Å². The minimum absolute atomic E-state index is 0.113. The maximum Gasteiger partial charge on any atom is 0.322 e. The number of furan rings is 1. The Labute approximate surface area is 204 Å². The number of hydrogen-bond acceptors (Lipinski definition) is 3. The Balaban J connectivity index is 1.78. The Bertz CT molecular complexity index is 1080. The molecule has 3 amide bonds. The quantitative estimate of drug-likeness (QED) is 0.401. The van der Waals surface area contributed by atoms with Crippen LogP contribution in [0.4, 0.5) is 10.5 Å². The van der Waals surface area contributed by atoms with E-state index < -0.39 is 6.03 Å². The zero-order chi connectivity index (χ0) is 24.0. The number of carbonyl (C=O) groups excluding carboxylic acids is 2. The Morgan fingerprint density at radius 2 is 1.61 bits per heavy atom. The first-order chi connectivity index (χ1) is 15.7. The highest BCUT2D eigenvalue weighted by atomic mass is 35.5. The van der Waals surface area contributed by atoms with E-state index in [2.05, 4.69) is 5.32 Å². The Hall–Kier alpha value is -2.96. The van der Waals surface area contributed by atoms with Gasteiger partial charge in [0.25, 0.3) is 0 Å². The van der Waals surface area contributed by atoms with Crippen molar-refractivity contribution in [1.82, 2.24) is 9.80 Å². The molecule has 0 atom stereocenters. The lowest BCUT2D eigenvalue weighted by Crippen LogP contribution is -2.47. The average Bonchev–Trinajstić information content (AvgIpc) is 3.19. The smallest absolute Gasteiger partial charge is 0.322 e. The maximum atomic E-state index is 13.4. The van der Waals surface area contributed by atoms with Crippen molar-refractivity contribution in [3.63, 3.8) is 0 Å². The van der Waals surface area contributed by atoms with E-state index in [1.807, 2.05) is 63.2 Å². The number of benzene rings is 2. The summed E-state index contributed by atoms with van der Waals surface area (Å²) in [5, 5.41) is 3.39. The molecule has 0 bridgehead atoms. The largest absolute Gasteiger partial charge is 0.464 e. The third kappa shape index (κ3) is 6.76. The lowest BCUT2D eigenvalue weighted by molar-refractivity contribution is -0.133. The summed E-state index contributed by atoms with van der Waals surface area (Å²) in [7, 11) is 0. The van der Waals surface area contributed by atoms with Gasteiger partial charge in [-0.3, -0.25) is 4.79 Å². The molecule has 8 heteroatoms. The second kappa shape index (κ2) is 11.3. The second-order valence-corrected chi connectivity index (χ2v) is 8.81. The van der Waals surface area contributed by atoms with Gasteiger partial charge < -0.3 is 19.5 Å². The first-order valence-corrected chi connectivity index (χ1v) is 11.4. The molecule has 0 fully saturated rings. The summed E-state index contributed by atoms with van der Waals surface area (Å²) in [6.07, 6.45) is 0. The number of amides is 3. The molecule has 0 saturated carbocycles. The minimum Gasteiger partial charge on any atom is -0.464 e. The number of nitrogens with zero attached hydrogens (tertiary/aromatic N) is 2. The third-order valence-electron chi connectivity index (χ3n) is 5.10. The molecule has 3 aromatic rings. The van der Waals surface area contributed by atoms with Crippen LogP contribution >= 0.6 is 23.2 Å². The van der Waals surface area contributed by atoms with Crippen molar-refractivity contribution in [2.24, 2.45) is 0 Å². The number of carbonyl (C=O) groups is 2. The third-order valence-corrected chi connectivity index (χ3v) is 5.73. The molecular formula is C25H27Cl2N3O3. The normalized spacial score (nSPS) is 10.8. The van der Waals surface area contributed by atoms with Gasteiger partial charge in [0.05, 0.1) is 22.3 Å². The van der Waals surface area contributed by atoms with Crippen LogP contribution in [0.2, 0.25) is 10.0 Å². The number of hydrogen-bond donors (Lipinski definition) is 1. The predicted octanol–water partition coefficient (Wildman–Crippen LogP) is 6.37. The van der Waals surface area contributed by atoms with E-state index in [1.54, 1.807) is 23.1 Å². The summed E-state index contributed by atoms with van der Waals surface area (Å²) in [5.41, 5.74) is 1.30. The molecule has 174 valence electrons. The summed E-state index contributed by atoms with van der Waals surface area (Å²) < 4.78 is 5.69. The number of nitrogens with one attached hydrogen (secondary N) is 1. The van der Waals surface area contributed by atoms with Gasteiger partial charge in [-0.25, -0.2) is 4.79 Å². The lowest BCUT2D eigenvalue weighted by Gasteiger charge is -2.30. The molecule has 1 N–H and O–H groups in total. The first-order valence-electron chi connectivity index (χ1n) is 10.6. The number of halogens is 2. The fourth-order valence-corrected chi connectivity index (χ4v) is 3.82. The van der Waals surface area contributed by atoms with Gasteiger partial charge in [0.15, 0.2) is 0 Å². The Morgan fingerprint density at radius 3 is 2.18 bits per heavy atom. The van der Waals surface area contributed by atoms with Crippen LogP contribution in [0.5, 0.6) is 0 Å². The fourth-order valence-electron chi connectivity index (χ4n) is 3.32. The Morgan fingerprint density at radius 1 is 0.939 bits per heavy atom. The molecule has 0 aliphatic rings. The topological polar surface area (TPSA) is 65.8 Å².